The van der Waals surface area contributed by atoms with Crippen LogP contribution in [-0.2, 0) is 0 Å². The van der Waals surface area contributed by atoms with Gasteiger partial charge in [0.05, 0.1) is 45.1 Å². The number of benzene rings is 7. The Morgan fingerprint density at radius 3 is 1.83 bits per heavy atom. The van der Waals surface area contributed by atoms with E-state index in [9.17, 15) is 0 Å². The number of hydrogen-bond donors (Lipinski definition) is 0. The normalized spacial score (nSPS) is 16.3. The van der Waals surface area contributed by atoms with Gasteiger partial charge in [-0.15, -0.1) is 0 Å². The van der Waals surface area contributed by atoms with Crippen molar-refractivity contribution in [3.8, 4) is 28.5 Å². The molecule has 276 valence electrons. The molecule has 0 saturated carbocycles. The third kappa shape index (κ3) is 4.65. The van der Waals surface area contributed by atoms with Crippen molar-refractivity contribution in [2.45, 2.75) is 12.0 Å². The fourth-order valence-corrected chi connectivity index (χ4v) is 9.98. The molecule has 0 fully saturated rings. The van der Waals surface area contributed by atoms with Crippen molar-refractivity contribution < 1.29 is 0 Å². The van der Waals surface area contributed by atoms with E-state index in [2.05, 4.69) is 172 Å². The van der Waals surface area contributed by atoms with E-state index >= 15 is 0 Å². The highest BCUT2D eigenvalue weighted by Gasteiger charge is 2.47. The van der Waals surface area contributed by atoms with E-state index in [-0.39, 0.29) is 12.0 Å². The smallest absolute Gasteiger partial charge is 0.238 e. The van der Waals surface area contributed by atoms with Gasteiger partial charge < -0.3 is 9.13 Å². The minimum Gasteiger partial charge on any atom is -0.331 e. The zero-order valence-corrected chi connectivity index (χ0v) is 31.8. The second kappa shape index (κ2) is 12.3. The third-order valence-electron chi connectivity index (χ3n) is 12.4. The molecule has 7 aromatic carbocycles. The molecule has 2 atom stereocenters. The lowest BCUT2D eigenvalue weighted by Crippen LogP contribution is -2.30. The van der Waals surface area contributed by atoms with Crippen molar-refractivity contribution in [3.05, 3.63) is 210 Å². The van der Waals surface area contributed by atoms with Crippen LogP contribution in [0, 0.1) is 0 Å². The quantitative estimate of drug-likeness (QED) is 0.176. The number of anilines is 2. The topological polar surface area (TPSA) is 51.8 Å². The van der Waals surface area contributed by atoms with Crippen LogP contribution in [0.1, 0.15) is 23.1 Å². The van der Waals surface area contributed by atoms with E-state index in [1.165, 1.54) is 65.7 Å². The first kappa shape index (κ1) is 32.3. The zero-order chi connectivity index (χ0) is 38.6. The van der Waals surface area contributed by atoms with Crippen LogP contribution in [0.5, 0.6) is 0 Å². The van der Waals surface area contributed by atoms with Crippen molar-refractivity contribution in [2.75, 3.05) is 4.90 Å². The summed E-state index contributed by atoms with van der Waals surface area (Å²) in [6.45, 7) is 0. The van der Waals surface area contributed by atoms with E-state index < -0.39 is 0 Å². The first-order valence-corrected chi connectivity index (χ1v) is 20.2. The highest BCUT2D eigenvalue weighted by atomic mass is 15.3. The second-order valence-corrected chi connectivity index (χ2v) is 15.6. The Morgan fingerprint density at radius 2 is 1.08 bits per heavy atom. The monoisotopic (exact) mass is 754 g/mol. The van der Waals surface area contributed by atoms with Crippen LogP contribution in [0.25, 0.3) is 78.4 Å². The maximum Gasteiger partial charge on any atom is 0.238 e. The standard InChI is InChI=1S/C53H34N6/c1-4-16-33(17-5-1)51-54-52(34-18-6-2-7-19-34)56-53(55-51)59-44-27-15-13-25-42(44)48-47-32-36(31-46-39-23-10-11-24-41(39)49(50(48)59)58(46)47)35-28-29-40-38-22-12-14-26-43(38)57(45(40)30-35)37-20-8-3-9-21-37/h1-32,47-48H. The highest BCUT2D eigenvalue weighted by Crippen LogP contribution is 2.55. The molecule has 6 nitrogen and oxygen atoms in total. The summed E-state index contributed by atoms with van der Waals surface area (Å²) in [4.78, 5) is 18.0. The fourth-order valence-electron chi connectivity index (χ4n) is 9.98. The van der Waals surface area contributed by atoms with Gasteiger partial charge in [0.1, 0.15) is 0 Å². The van der Waals surface area contributed by atoms with Gasteiger partial charge in [0.15, 0.2) is 11.6 Å². The van der Waals surface area contributed by atoms with Crippen LogP contribution in [0.15, 0.2) is 188 Å². The molecular weight excluding hydrogens is 721 g/mol. The average molecular weight is 755 g/mol. The van der Waals surface area contributed by atoms with Crippen molar-refractivity contribution in [1.82, 2.24) is 24.1 Å². The van der Waals surface area contributed by atoms with E-state index in [0.717, 1.165) is 22.5 Å². The van der Waals surface area contributed by atoms with Crippen molar-refractivity contribution >= 4 is 61.6 Å². The molecule has 0 aliphatic carbocycles. The van der Waals surface area contributed by atoms with Crippen molar-refractivity contribution in [3.63, 3.8) is 0 Å². The largest absolute Gasteiger partial charge is 0.331 e. The predicted molar refractivity (Wildman–Crippen MR) is 239 cm³/mol. The molecule has 13 rings (SSSR count). The molecule has 6 heterocycles. The molecule has 10 aromatic rings. The molecule has 2 unspecified atom stereocenters. The summed E-state index contributed by atoms with van der Waals surface area (Å²) in [5, 5.41) is 7.42. The van der Waals surface area contributed by atoms with Gasteiger partial charge in [-0.3, -0.25) is 4.90 Å². The number of allylic oxidation sites excluding steroid dienone is 2. The Labute approximate surface area is 339 Å². The molecule has 3 aliphatic heterocycles. The molecule has 0 radical (unpaired) electrons. The van der Waals surface area contributed by atoms with Crippen molar-refractivity contribution in [2.24, 2.45) is 0 Å². The Bertz CT molecular complexity index is 3450. The van der Waals surface area contributed by atoms with Gasteiger partial charge in [-0.25, -0.2) is 4.98 Å². The number of aromatic nitrogens is 5. The molecule has 0 amide bonds. The summed E-state index contributed by atoms with van der Waals surface area (Å²) >= 11 is 0. The lowest BCUT2D eigenvalue weighted by Gasteiger charge is -2.23. The Kier molecular flexibility index (Phi) is 6.75. The highest BCUT2D eigenvalue weighted by molar-refractivity contribution is 6.11. The summed E-state index contributed by atoms with van der Waals surface area (Å²) < 4.78 is 4.98. The number of nitrogens with zero attached hydrogens (tertiary/aromatic N) is 6. The van der Waals surface area contributed by atoms with Crippen molar-refractivity contribution in [1.29, 1.82) is 0 Å². The van der Waals surface area contributed by atoms with E-state index in [0.29, 0.717) is 17.6 Å². The zero-order valence-electron chi connectivity index (χ0n) is 31.8. The third-order valence-corrected chi connectivity index (χ3v) is 12.4. The predicted octanol–water partition coefficient (Wildman–Crippen LogP) is 10.7. The van der Waals surface area contributed by atoms with Gasteiger partial charge in [-0.2, -0.15) is 9.97 Å². The average Bonchev–Trinajstić information content (AvgIpc) is 4.03. The van der Waals surface area contributed by atoms with Gasteiger partial charge in [-0.05, 0) is 53.1 Å². The van der Waals surface area contributed by atoms with E-state index in [4.69, 9.17) is 15.0 Å². The molecule has 0 bridgehead atoms. The van der Waals surface area contributed by atoms with Crippen LogP contribution in [0.2, 0.25) is 0 Å². The molecule has 3 aliphatic rings. The summed E-state index contributed by atoms with van der Waals surface area (Å²) in [5.41, 5.74) is 11.5. The van der Waals surface area contributed by atoms with Crippen LogP contribution in [-0.4, -0.2) is 24.1 Å². The summed E-state index contributed by atoms with van der Waals surface area (Å²) in [5.74, 6) is 1.96. The summed E-state index contributed by atoms with van der Waals surface area (Å²) in [6.07, 6.45) is 4.91. The van der Waals surface area contributed by atoms with E-state index in [1.54, 1.807) is 0 Å². The number of hydrogen-bond acceptors (Lipinski definition) is 4. The molecule has 0 saturated heterocycles. The molecular formula is C53H34N6. The van der Waals surface area contributed by atoms with Gasteiger partial charge in [0, 0.05) is 38.4 Å². The number of fused-ring (bicyclic) bond motifs is 10. The SMILES string of the molecule is C1=C(c2ccc3c4ccccc4n(-c4ccccc4)c3c2)C=c2c3ccccc3c3n2C1C1C=3N(c2nc(-c3ccccc3)nc(-c3ccccc3)n2)c2ccccc21. The van der Waals surface area contributed by atoms with Crippen LogP contribution in [0.3, 0.4) is 0 Å². The first-order valence-electron chi connectivity index (χ1n) is 20.2. The fraction of sp³-hybridized carbons (Fsp3) is 0.0377. The Balaban J connectivity index is 1.05. The second-order valence-electron chi connectivity index (χ2n) is 15.6. The Hall–Kier alpha value is -7.83. The number of rotatable bonds is 5. The molecule has 0 N–H and O–H groups in total. The van der Waals surface area contributed by atoms with Gasteiger partial charge >= 0.3 is 0 Å². The first-order chi connectivity index (χ1) is 29.3. The minimum absolute atomic E-state index is 0.0354. The maximum absolute atomic E-state index is 5.29. The van der Waals surface area contributed by atoms with Crippen LogP contribution >= 0.6 is 0 Å². The maximum atomic E-state index is 5.29. The van der Waals surface area contributed by atoms with Gasteiger partial charge in [-0.1, -0.05) is 158 Å². The molecule has 3 aromatic heterocycles. The van der Waals surface area contributed by atoms with Gasteiger partial charge in [0.2, 0.25) is 5.95 Å². The molecule has 6 heteroatoms. The molecule has 0 spiro atoms. The van der Waals surface area contributed by atoms with Crippen LogP contribution < -0.4 is 15.6 Å². The summed E-state index contributed by atoms with van der Waals surface area (Å²) in [7, 11) is 0. The van der Waals surface area contributed by atoms with E-state index in [1.807, 2.05) is 36.4 Å². The molecule has 59 heavy (non-hydrogen) atoms. The lowest BCUT2D eigenvalue weighted by atomic mass is 9.88. The number of para-hydroxylation sites is 3. The summed E-state index contributed by atoms with van der Waals surface area (Å²) in [6, 6.07) is 64.7. The Morgan fingerprint density at radius 1 is 0.475 bits per heavy atom. The van der Waals surface area contributed by atoms with Gasteiger partial charge in [0.25, 0.3) is 0 Å². The minimum atomic E-state index is 0.0354. The lowest BCUT2D eigenvalue weighted by molar-refractivity contribution is 0.577. The van der Waals surface area contributed by atoms with Crippen LogP contribution in [0.4, 0.5) is 11.6 Å².